The molecule has 19 heavy (non-hydrogen) atoms. The van der Waals surface area contributed by atoms with Gasteiger partial charge in [-0.25, -0.2) is 9.97 Å². The number of hydrogen-bond donors (Lipinski definition) is 1. The van der Waals surface area contributed by atoms with Crippen LogP contribution in [0, 0.1) is 6.92 Å². The SMILES string of the molecule is Cc1cc(Cl)ccc1C(=O)Nc1ncnc(Cl)c1Cl. The topological polar surface area (TPSA) is 54.9 Å². The molecule has 0 aliphatic rings. The number of carbonyl (C=O) groups is 1. The Morgan fingerprint density at radius 3 is 2.63 bits per heavy atom. The first-order valence-electron chi connectivity index (χ1n) is 5.22. The van der Waals surface area contributed by atoms with Crippen molar-refractivity contribution in [2.45, 2.75) is 6.92 Å². The largest absolute Gasteiger partial charge is 0.305 e. The minimum Gasteiger partial charge on any atom is -0.305 e. The molecule has 2 aromatic rings. The number of nitrogens with zero attached hydrogens (tertiary/aromatic N) is 2. The van der Waals surface area contributed by atoms with Gasteiger partial charge in [0.2, 0.25) is 0 Å². The summed E-state index contributed by atoms with van der Waals surface area (Å²) in [6.07, 6.45) is 1.22. The van der Waals surface area contributed by atoms with Crippen LogP contribution in [-0.4, -0.2) is 15.9 Å². The van der Waals surface area contributed by atoms with Crippen LogP contribution in [0.5, 0.6) is 0 Å². The fourth-order valence-electron chi connectivity index (χ4n) is 1.49. The molecule has 0 atom stereocenters. The van der Waals surface area contributed by atoms with Crippen molar-refractivity contribution in [3.8, 4) is 0 Å². The number of carbonyl (C=O) groups excluding carboxylic acids is 1. The molecule has 0 fully saturated rings. The summed E-state index contributed by atoms with van der Waals surface area (Å²) in [4.78, 5) is 19.7. The van der Waals surface area contributed by atoms with E-state index in [4.69, 9.17) is 34.8 Å². The molecule has 0 aliphatic heterocycles. The molecule has 0 unspecified atom stereocenters. The maximum atomic E-state index is 12.1. The maximum Gasteiger partial charge on any atom is 0.257 e. The van der Waals surface area contributed by atoms with Gasteiger partial charge in [-0.3, -0.25) is 4.79 Å². The second-order valence-electron chi connectivity index (χ2n) is 3.74. The molecule has 7 heteroatoms. The van der Waals surface area contributed by atoms with Gasteiger partial charge in [-0.1, -0.05) is 34.8 Å². The molecule has 0 radical (unpaired) electrons. The summed E-state index contributed by atoms with van der Waals surface area (Å²) in [5, 5.41) is 3.33. The monoisotopic (exact) mass is 315 g/mol. The molecule has 1 N–H and O–H groups in total. The van der Waals surface area contributed by atoms with Gasteiger partial charge in [-0.15, -0.1) is 0 Å². The summed E-state index contributed by atoms with van der Waals surface area (Å²) >= 11 is 17.5. The van der Waals surface area contributed by atoms with Gasteiger partial charge in [0.15, 0.2) is 11.0 Å². The molecule has 1 amide bonds. The summed E-state index contributed by atoms with van der Waals surface area (Å²) in [5.41, 5.74) is 1.23. The molecule has 1 heterocycles. The van der Waals surface area contributed by atoms with Crippen molar-refractivity contribution >= 4 is 46.5 Å². The highest BCUT2D eigenvalue weighted by Gasteiger charge is 2.14. The van der Waals surface area contributed by atoms with Gasteiger partial charge in [-0.2, -0.15) is 0 Å². The smallest absolute Gasteiger partial charge is 0.257 e. The minimum atomic E-state index is -0.342. The number of aromatic nitrogens is 2. The van der Waals surface area contributed by atoms with Crippen LogP contribution in [0.4, 0.5) is 5.82 Å². The van der Waals surface area contributed by atoms with E-state index in [1.54, 1.807) is 25.1 Å². The van der Waals surface area contributed by atoms with Crippen molar-refractivity contribution in [3.63, 3.8) is 0 Å². The van der Waals surface area contributed by atoms with Gasteiger partial charge in [0.25, 0.3) is 5.91 Å². The molecule has 0 spiro atoms. The normalized spacial score (nSPS) is 10.3. The van der Waals surface area contributed by atoms with Crippen LogP contribution in [-0.2, 0) is 0 Å². The molecular weight excluding hydrogens is 309 g/mol. The van der Waals surface area contributed by atoms with Crippen LogP contribution in [0.1, 0.15) is 15.9 Å². The number of aryl methyl sites for hydroxylation is 1. The Balaban J connectivity index is 2.28. The Morgan fingerprint density at radius 2 is 1.95 bits per heavy atom. The lowest BCUT2D eigenvalue weighted by Gasteiger charge is -2.08. The fourth-order valence-corrected chi connectivity index (χ4v) is 2.00. The van der Waals surface area contributed by atoms with E-state index in [2.05, 4.69) is 15.3 Å². The third kappa shape index (κ3) is 3.15. The molecule has 2 rings (SSSR count). The average Bonchev–Trinajstić information content (AvgIpc) is 2.34. The van der Waals surface area contributed by atoms with Crippen molar-refractivity contribution < 1.29 is 4.79 Å². The molecule has 0 saturated heterocycles. The Labute approximate surface area is 124 Å². The maximum absolute atomic E-state index is 12.1. The van der Waals surface area contributed by atoms with Gasteiger partial charge in [0.1, 0.15) is 11.3 Å². The second-order valence-corrected chi connectivity index (χ2v) is 4.91. The lowest BCUT2D eigenvalue weighted by atomic mass is 10.1. The lowest BCUT2D eigenvalue weighted by molar-refractivity contribution is 0.102. The van der Waals surface area contributed by atoms with E-state index in [0.29, 0.717) is 10.6 Å². The summed E-state index contributed by atoms with van der Waals surface area (Å²) in [6.45, 7) is 1.79. The van der Waals surface area contributed by atoms with Crippen LogP contribution >= 0.6 is 34.8 Å². The summed E-state index contributed by atoms with van der Waals surface area (Å²) in [7, 11) is 0. The van der Waals surface area contributed by atoms with E-state index >= 15 is 0 Å². The quantitative estimate of drug-likeness (QED) is 0.852. The van der Waals surface area contributed by atoms with E-state index in [1.807, 2.05) is 0 Å². The van der Waals surface area contributed by atoms with E-state index in [0.717, 1.165) is 5.56 Å². The Morgan fingerprint density at radius 1 is 1.21 bits per heavy atom. The van der Waals surface area contributed by atoms with Crippen LogP contribution in [0.3, 0.4) is 0 Å². The first kappa shape index (κ1) is 14.1. The van der Waals surface area contributed by atoms with E-state index in [1.165, 1.54) is 6.33 Å². The highest BCUT2D eigenvalue weighted by molar-refractivity contribution is 6.43. The zero-order valence-corrected chi connectivity index (χ0v) is 12.0. The third-order valence-electron chi connectivity index (χ3n) is 2.41. The standard InChI is InChI=1S/C12H8Cl3N3O/c1-6-4-7(13)2-3-8(6)12(19)18-11-9(14)10(15)16-5-17-11/h2-5H,1H3,(H,16,17,18,19). The van der Waals surface area contributed by atoms with Crippen molar-refractivity contribution in [3.05, 3.63) is 50.9 Å². The van der Waals surface area contributed by atoms with Crippen molar-refractivity contribution in [1.82, 2.24) is 9.97 Å². The van der Waals surface area contributed by atoms with Crippen LogP contribution in [0.15, 0.2) is 24.5 Å². The van der Waals surface area contributed by atoms with Crippen LogP contribution in [0.2, 0.25) is 15.2 Å². The predicted octanol–water partition coefficient (Wildman–Crippen LogP) is 4.00. The Kier molecular flexibility index (Phi) is 4.24. The van der Waals surface area contributed by atoms with E-state index in [9.17, 15) is 4.79 Å². The molecule has 4 nitrogen and oxygen atoms in total. The fraction of sp³-hybridized carbons (Fsp3) is 0.0833. The Hall–Kier alpha value is -1.36. The van der Waals surface area contributed by atoms with Gasteiger partial charge < -0.3 is 5.32 Å². The highest BCUT2D eigenvalue weighted by atomic mass is 35.5. The number of nitrogens with one attached hydrogen (secondary N) is 1. The number of anilines is 1. The molecule has 98 valence electrons. The summed E-state index contributed by atoms with van der Waals surface area (Å²) < 4.78 is 0. The zero-order valence-electron chi connectivity index (χ0n) is 9.75. The second kappa shape index (κ2) is 5.74. The van der Waals surface area contributed by atoms with Crippen molar-refractivity contribution in [2.75, 3.05) is 5.32 Å². The summed E-state index contributed by atoms with van der Waals surface area (Å²) in [6, 6.07) is 4.97. The van der Waals surface area contributed by atoms with Gasteiger partial charge in [-0.05, 0) is 30.7 Å². The molecule has 1 aromatic carbocycles. The lowest BCUT2D eigenvalue weighted by Crippen LogP contribution is -2.14. The van der Waals surface area contributed by atoms with Crippen molar-refractivity contribution in [1.29, 1.82) is 0 Å². The van der Waals surface area contributed by atoms with Gasteiger partial charge >= 0.3 is 0 Å². The molecule has 0 aliphatic carbocycles. The number of hydrogen-bond acceptors (Lipinski definition) is 3. The van der Waals surface area contributed by atoms with E-state index < -0.39 is 0 Å². The molecule has 0 bridgehead atoms. The first-order chi connectivity index (χ1) is 8.99. The predicted molar refractivity (Wildman–Crippen MR) is 76.2 cm³/mol. The highest BCUT2D eigenvalue weighted by Crippen LogP contribution is 2.26. The molecule has 0 saturated carbocycles. The minimum absolute atomic E-state index is 0.0831. The van der Waals surface area contributed by atoms with Gasteiger partial charge in [0.05, 0.1) is 0 Å². The molecular formula is C12H8Cl3N3O. The number of benzene rings is 1. The first-order valence-corrected chi connectivity index (χ1v) is 6.36. The zero-order chi connectivity index (χ0) is 14.0. The van der Waals surface area contributed by atoms with Crippen LogP contribution < -0.4 is 5.32 Å². The third-order valence-corrected chi connectivity index (χ3v) is 3.39. The van der Waals surface area contributed by atoms with E-state index in [-0.39, 0.29) is 21.9 Å². The van der Waals surface area contributed by atoms with Crippen molar-refractivity contribution in [2.24, 2.45) is 0 Å². The Bertz CT molecular complexity index is 646. The number of amides is 1. The summed E-state index contributed by atoms with van der Waals surface area (Å²) in [5.74, 6) is -0.174. The molecule has 1 aromatic heterocycles. The number of halogens is 3. The van der Waals surface area contributed by atoms with Gasteiger partial charge in [0, 0.05) is 10.6 Å². The number of rotatable bonds is 2. The van der Waals surface area contributed by atoms with Crippen LogP contribution in [0.25, 0.3) is 0 Å². The average molecular weight is 317 g/mol.